The third-order valence-corrected chi connectivity index (χ3v) is 7.19. The Hall–Kier alpha value is -1.32. The predicted octanol–water partition coefficient (Wildman–Crippen LogP) is 0.920. The molecule has 1 spiro atoms. The van der Waals surface area contributed by atoms with Gasteiger partial charge in [-0.3, -0.25) is 4.79 Å². The zero-order valence-electron chi connectivity index (χ0n) is 15.6. The maximum atomic E-state index is 13.3. The lowest BCUT2D eigenvalue weighted by Crippen LogP contribution is -2.54. The second-order valence-electron chi connectivity index (χ2n) is 7.16. The van der Waals surface area contributed by atoms with Crippen molar-refractivity contribution in [2.24, 2.45) is 0 Å². The van der Waals surface area contributed by atoms with Crippen molar-refractivity contribution in [1.82, 2.24) is 14.5 Å². The number of benzene rings is 1. The highest BCUT2D eigenvalue weighted by molar-refractivity contribution is 7.89. The Morgan fingerprint density at radius 1 is 1.27 bits per heavy atom. The molecule has 0 aromatic heterocycles. The minimum Gasteiger partial charge on any atom is -0.353 e. The lowest BCUT2D eigenvalue weighted by atomic mass is 10.0. The number of hydrogen-bond donors (Lipinski definition) is 1. The lowest BCUT2D eigenvalue weighted by Gasteiger charge is -2.42. The molecule has 1 N–H and O–H groups in total. The Labute approximate surface area is 155 Å². The molecule has 0 radical (unpaired) electrons. The van der Waals surface area contributed by atoms with E-state index in [2.05, 4.69) is 10.2 Å². The molecule has 0 amide bonds. The average molecular weight is 381 g/mol. The number of rotatable bonds is 5. The number of piperidine rings is 1. The van der Waals surface area contributed by atoms with Crippen LogP contribution in [-0.4, -0.2) is 75.5 Å². The van der Waals surface area contributed by atoms with Crippen LogP contribution in [0.3, 0.4) is 0 Å². The van der Waals surface area contributed by atoms with Gasteiger partial charge < -0.3 is 15.0 Å². The molecule has 1 aromatic carbocycles. The van der Waals surface area contributed by atoms with Crippen molar-refractivity contribution in [2.45, 2.75) is 36.5 Å². The molecule has 2 aliphatic heterocycles. The van der Waals surface area contributed by atoms with E-state index in [0.717, 1.165) is 13.1 Å². The molecule has 2 aliphatic rings. The van der Waals surface area contributed by atoms with E-state index in [0.29, 0.717) is 31.5 Å². The fraction of sp³-hybridized carbons (Fsp3) is 0.611. The van der Waals surface area contributed by atoms with Gasteiger partial charge in [0.1, 0.15) is 5.72 Å². The summed E-state index contributed by atoms with van der Waals surface area (Å²) in [5.41, 5.74) is -0.282. The smallest absolute Gasteiger partial charge is 0.245 e. The number of nitrogens with zero attached hydrogens (tertiary/aromatic N) is 2. The summed E-state index contributed by atoms with van der Waals surface area (Å²) < 4.78 is 34.5. The Balaban J connectivity index is 1.93. The van der Waals surface area contributed by atoms with E-state index in [1.54, 1.807) is 12.1 Å². The summed E-state index contributed by atoms with van der Waals surface area (Å²) in [7, 11) is 0.162. The molecule has 1 aromatic rings. The number of likely N-dealkylation sites (tertiary alicyclic amines) is 1. The molecule has 2 heterocycles. The first-order chi connectivity index (χ1) is 12.3. The van der Waals surface area contributed by atoms with E-state index in [1.165, 1.54) is 23.4 Å². The third-order valence-electron chi connectivity index (χ3n) is 5.26. The number of ether oxygens (including phenoxy) is 1. The van der Waals surface area contributed by atoms with Crippen molar-refractivity contribution >= 4 is 15.8 Å². The standard InChI is InChI=1S/C18H27N3O4S/c1-14(22)15-4-6-17(7-5-15)26(23,24)21-13-16(12-19-2)25-18(21)8-10-20(3)11-9-18/h4-7,16,19H,8-13H2,1-3H3. The van der Waals surface area contributed by atoms with E-state index in [4.69, 9.17) is 4.74 Å². The summed E-state index contributed by atoms with van der Waals surface area (Å²) in [5.74, 6) is -0.0840. The van der Waals surface area contributed by atoms with Crippen LogP contribution in [0.25, 0.3) is 0 Å². The molecule has 0 aliphatic carbocycles. The largest absolute Gasteiger partial charge is 0.353 e. The first-order valence-corrected chi connectivity index (χ1v) is 10.4. The molecule has 2 fully saturated rings. The van der Waals surface area contributed by atoms with Gasteiger partial charge in [0.25, 0.3) is 0 Å². The van der Waals surface area contributed by atoms with Gasteiger partial charge in [0.2, 0.25) is 10.0 Å². The van der Waals surface area contributed by atoms with Crippen LogP contribution >= 0.6 is 0 Å². The Kier molecular flexibility index (Phi) is 5.50. The molecule has 2 saturated heterocycles. The second-order valence-corrected chi connectivity index (χ2v) is 9.03. The van der Waals surface area contributed by atoms with Crippen LogP contribution in [0.4, 0.5) is 0 Å². The van der Waals surface area contributed by atoms with Gasteiger partial charge in [-0.2, -0.15) is 4.31 Å². The third kappa shape index (κ3) is 3.57. The number of sulfonamides is 1. The minimum atomic E-state index is -3.71. The minimum absolute atomic E-state index is 0.0840. The van der Waals surface area contributed by atoms with Gasteiger partial charge in [0.15, 0.2) is 5.78 Å². The molecular weight excluding hydrogens is 354 g/mol. The van der Waals surface area contributed by atoms with Crippen LogP contribution in [0.15, 0.2) is 29.2 Å². The van der Waals surface area contributed by atoms with E-state index in [1.807, 2.05) is 14.1 Å². The first kappa shape index (κ1) is 19.4. The highest BCUT2D eigenvalue weighted by Gasteiger charge is 2.53. The summed E-state index contributed by atoms with van der Waals surface area (Å²) in [6.07, 6.45) is 1.12. The van der Waals surface area contributed by atoms with E-state index >= 15 is 0 Å². The zero-order chi connectivity index (χ0) is 18.9. The molecule has 144 valence electrons. The summed E-state index contributed by atoms with van der Waals surface area (Å²) >= 11 is 0. The van der Waals surface area contributed by atoms with E-state index in [-0.39, 0.29) is 16.8 Å². The van der Waals surface area contributed by atoms with Crippen molar-refractivity contribution in [3.63, 3.8) is 0 Å². The SMILES string of the molecule is CNCC1CN(S(=O)(=O)c2ccc(C(C)=O)cc2)C2(CCN(C)CC2)O1. The number of carbonyl (C=O) groups is 1. The molecule has 1 unspecified atom stereocenters. The lowest BCUT2D eigenvalue weighted by molar-refractivity contribution is -0.110. The van der Waals surface area contributed by atoms with Crippen molar-refractivity contribution in [2.75, 3.05) is 40.3 Å². The maximum absolute atomic E-state index is 13.3. The summed E-state index contributed by atoms with van der Waals surface area (Å²) in [6.45, 7) is 3.99. The molecule has 7 nitrogen and oxygen atoms in total. The van der Waals surface area contributed by atoms with Crippen LogP contribution in [0.5, 0.6) is 0 Å². The fourth-order valence-electron chi connectivity index (χ4n) is 3.73. The van der Waals surface area contributed by atoms with Crippen molar-refractivity contribution < 1.29 is 17.9 Å². The highest BCUT2D eigenvalue weighted by Crippen LogP contribution is 2.40. The topological polar surface area (TPSA) is 79.0 Å². The number of ketones is 1. The zero-order valence-corrected chi connectivity index (χ0v) is 16.4. The van der Waals surface area contributed by atoms with Crippen LogP contribution in [-0.2, 0) is 14.8 Å². The van der Waals surface area contributed by atoms with Crippen molar-refractivity contribution in [3.8, 4) is 0 Å². The van der Waals surface area contributed by atoms with Gasteiger partial charge in [-0.05, 0) is 33.2 Å². The molecule has 8 heteroatoms. The van der Waals surface area contributed by atoms with Gasteiger partial charge in [-0.25, -0.2) is 8.42 Å². The molecule has 1 atom stereocenters. The Bertz CT molecular complexity index is 755. The van der Waals surface area contributed by atoms with Gasteiger partial charge in [-0.15, -0.1) is 0 Å². The molecule has 0 bridgehead atoms. The van der Waals surface area contributed by atoms with Crippen molar-refractivity contribution in [3.05, 3.63) is 29.8 Å². The van der Waals surface area contributed by atoms with Gasteiger partial charge in [-0.1, -0.05) is 12.1 Å². The van der Waals surface area contributed by atoms with Crippen LogP contribution < -0.4 is 5.32 Å². The highest BCUT2D eigenvalue weighted by atomic mass is 32.2. The molecule has 3 rings (SSSR count). The second kappa shape index (κ2) is 7.36. The number of hydrogen-bond acceptors (Lipinski definition) is 6. The Morgan fingerprint density at radius 2 is 1.88 bits per heavy atom. The van der Waals surface area contributed by atoms with E-state index in [9.17, 15) is 13.2 Å². The van der Waals surface area contributed by atoms with Crippen LogP contribution in [0, 0.1) is 0 Å². The quantitative estimate of drug-likeness (QED) is 0.764. The normalized spacial score (nSPS) is 24.2. The van der Waals surface area contributed by atoms with Gasteiger partial charge >= 0.3 is 0 Å². The number of likely N-dealkylation sites (N-methyl/N-ethyl adjacent to an activating group) is 1. The summed E-state index contributed by atoms with van der Waals surface area (Å²) in [4.78, 5) is 13.8. The monoisotopic (exact) mass is 381 g/mol. The number of carbonyl (C=O) groups excluding carboxylic acids is 1. The summed E-state index contributed by atoms with van der Waals surface area (Å²) in [5, 5.41) is 3.08. The Morgan fingerprint density at radius 3 is 2.42 bits per heavy atom. The maximum Gasteiger partial charge on any atom is 0.245 e. The molecular formula is C18H27N3O4S. The molecule has 26 heavy (non-hydrogen) atoms. The number of nitrogens with one attached hydrogen (secondary N) is 1. The van der Waals surface area contributed by atoms with Crippen LogP contribution in [0.1, 0.15) is 30.1 Å². The van der Waals surface area contributed by atoms with Gasteiger partial charge in [0, 0.05) is 44.6 Å². The average Bonchev–Trinajstić information content (AvgIpc) is 2.97. The van der Waals surface area contributed by atoms with E-state index < -0.39 is 15.7 Å². The van der Waals surface area contributed by atoms with Crippen molar-refractivity contribution in [1.29, 1.82) is 0 Å². The summed E-state index contributed by atoms with van der Waals surface area (Å²) in [6, 6.07) is 6.16. The number of Topliss-reactive ketones (excluding diaryl/α,β-unsaturated/α-hetero) is 1. The van der Waals surface area contributed by atoms with Gasteiger partial charge in [0.05, 0.1) is 11.0 Å². The van der Waals surface area contributed by atoms with Crippen LogP contribution in [0.2, 0.25) is 0 Å². The fourth-order valence-corrected chi connectivity index (χ4v) is 5.49. The predicted molar refractivity (Wildman–Crippen MR) is 98.6 cm³/mol. The molecule has 0 saturated carbocycles. The first-order valence-electron chi connectivity index (χ1n) is 8.93.